The van der Waals surface area contributed by atoms with Crippen LogP contribution in [-0.4, -0.2) is 60.5 Å². The molecule has 3 heterocycles. The van der Waals surface area contributed by atoms with E-state index in [4.69, 9.17) is 9.47 Å². The van der Waals surface area contributed by atoms with Gasteiger partial charge in [-0.05, 0) is 55.2 Å². The normalized spacial score (nSPS) is 20.7. The average Bonchev–Trinajstić information content (AvgIpc) is 3.35. The molecule has 7 heteroatoms. The van der Waals surface area contributed by atoms with Gasteiger partial charge in [0.15, 0.2) is 17.0 Å². The highest BCUT2D eigenvalue weighted by Crippen LogP contribution is 2.48. The molecule has 1 saturated heterocycles. The number of fused-ring (bicyclic) bond motifs is 5. The first-order chi connectivity index (χ1) is 18.8. The second-order valence-corrected chi connectivity index (χ2v) is 10.7. The Labute approximate surface area is 228 Å². The van der Waals surface area contributed by atoms with Crippen LogP contribution in [0.3, 0.4) is 0 Å². The van der Waals surface area contributed by atoms with Gasteiger partial charge in [-0.2, -0.15) is 0 Å². The minimum absolute atomic E-state index is 0.0279. The third-order valence-electron chi connectivity index (χ3n) is 8.42. The summed E-state index contributed by atoms with van der Waals surface area (Å²) < 4.78 is 10.8. The number of hydrogen-bond donors (Lipinski definition) is 1. The van der Waals surface area contributed by atoms with Gasteiger partial charge in [0.2, 0.25) is 5.91 Å². The molecule has 0 unspecified atom stereocenters. The van der Waals surface area contributed by atoms with Crippen LogP contribution in [0.15, 0.2) is 66.7 Å². The van der Waals surface area contributed by atoms with Gasteiger partial charge in [-0.15, -0.1) is 0 Å². The van der Waals surface area contributed by atoms with Crippen molar-refractivity contribution in [3.8, 4) is 11.5 Å². The summed E-state index contributed by atoms with van der Waals surface area (Å²) in [5.74, 6) is 1.18. The van der Waals surface area contributed by atoms with E-state index in [9.17, 15) is 9.59 Å². The van der Waals surface area contributed by atoms with Gasteiger partial charge in [-0.25, -0.2) is 0 Å². The van der Waals surface area contributed by atoms with Crippen molar-refractivity contribution < 1.29 is 19.1 Å². The van der Waals surface area contributed by atoms with Gasteiger partial charge in [0.1, 0.15) is 0 Å². The van der Waals surface area contributed by atoms with E-state index in [1.807, 2.05) is 43.3 Å². The third kappa shape index (κ3) is 3.95. The fourth-order valence-electron chi connectivity index (χ4n) is 6.25. The van der Waals surface area contributed by atoms with E-state index in [0.29, 0.717) is 31.0 Å². The lowest BCUT2D eigenvalue weighted by Crippen LogP contribution is -2.67. The molecular weight excluding hydrogens is 490 g/mol. The first-order valence-electron chi connectivity index (χ1n) is 13.3. The summed E-state index contributed by atoms with van der Waals surface area (Å²) in [6.45, 7) is 4.93. The van der Waals surface area contributed by atoms with Gasteiger partial charge < -0.3 is 24.3 Å². The number of aromatic nitrogens is 1. The van der Waals surface area contributed by atoms with Crippen LogP contribution in [-0.2, 0) is 21.5 Å². The van der Waals surface area contributed by atoms with Crippen LogP contribution < -0.4 is 9.47 Å². The van der Waals surface area contributed by atoms with Crippen LogP contribution in [0, 0.1) is 6.92 Å². The zero-order valence-electron chi connectivity index (χ0n) is 22.8. The average molecular weight is 524 g/mol. The van der Waals surface area contributed by atoms with Crippen LogP contribution in [0.4, 0.5) is 0 Å². The summed E-state index contributed by atoms with van der Waals surface area (Å²) in [6.07, 6.45) is 0.598. The largest absolute Gasteiger partial charge is 0.493 e. The minimum atomic E-state index is -1.11. The molecule has 3 aromatic carbocycles. The number of nitrogens with one attached hydrogen (secondary N) is 1. The van der Waals surface area contributed by atoms with E-state index in [2.05, 4.69) is 42.2 Å². The lowest BCUT2D eigenvalue weighted by Gasteiger charge is -2.51. The maximum atomic E-state index is 14.3. The smallest absolute Gasteiger partial charge is 0.254 e. The minimum Gasteiger partial charge on any atom is -0.493 e. The number of methoxy groups -OCH3 is 2. The number of nitrogens with zero attached hydrogens (tertiary/aromatic N) is 2. The summed E-state index contributed by atoms with van der Waals surface area (Å²) in [7, 11) is 3.21. The Kier molecular flexibility index (Phi) is 6.09. The molecule has 6 rings (SSSR count). The molecule has 2 amide bonds. The van der Waals surface area contributed by atoms with Crippen molar-refractivity contribution in [1.29, 1.82) is 0 Å². The van der Waals surface area contributed by atoms with Crippen molar-refractivity contribution >= 4 is 22.7 Å². The Bertz CT molecular complexity index is 1570. The van der Waals surface area contributed by atoms with E-state index in [-0.39, 0.29) is 24.3 Å². The fourth-order valence-corrected chi connectivity index (χ4v) is 6.25. The van der Waals surface area contributed by atoms with E-state index in [1.54, 1.807) is 24.0 Å². The Morgan fingerprint density at radius 3 is 2.46 bits per heavy atom. The molecule has 2 aliphatic heterocycles. The second-order valence-electron chi connectivity index (χ2n) is 10.7. The first kappa shape index (κ1) is 25.0. The zero-order valence-corrected chi connectivity index (χ0v) is 22.8. The molecule has 0 radical (unpaired) electrons. The lowest BCUT2D eigenvalue weighted by molar-refractivity contribution is -0.166. The molecule has 1 fully saturated rings. The number of rotatable bonds is 6. The van der Waals surface area contributed by atoms with Crippen molar-refractivity contribution in [2.75, 3.05) is 33.9 Å². The number of H-pyrrole nitrogens is 1. The van der Waals surface area contributed by atoms with Crippen molar-refractivity contribution in [2.24, 2.45) is 0 Å². The molecule has 4 aromatic rings. The SMILES string of the molecule is COc1ccc(CCN2CC(=O)N3C[C@@H](c4ccc(C)cc4)c4c([nH]c5ccccc45)[C@@]3(C)C2=O)cc1OC. The van der Waals surface area contributed by atoms with Crippen molar-refractivity contribution in [1.82, 2.24) is 14.8 Å². The molecule has 200 valence electrons. The molecule has 1 aromatic heterocycles. The summed E-state index contributed by atoms with van der Waals surface area (Å²) in [6, 6.07) is 22.4. The highest BCUT2D eigenvalue weighted by atomic mass is 16.5. The lowest BCUT2D eigenvalue weighted by atomic mass is 9.76. The molecule has 7 nitrogen and oxygen atoms in total. The molecule has 0 bridgehead atoms. The van der Waals surface area contributed by atoms with E-state index in [0.717, 1.165) is 33.3 Å². The fraction of sp³-hybridized carbons (Fsp3) is 0.312. The molecular formula is C32H33N3O4. The van der Waals surface area contributed by atoms with Gasteiger partial charge >= 0.3 is 0 Å². The van der Waals surface area contributed by atoms with Crippen LogP contribution in [0.1, 0.15) is 40.8 Å². The quantitative estimate of drug-likeness (QED) is 0.395. The predicted molar refractivity (Wildman–Crippen MR) is 150 cm³/mol. The number of para-hydroxylation sites is 1. The van der Waals surface area contributed by atoms with Crippen molar-refractivity contribution in [2.45, 2.75) is 31.7 Å². The van der Waals surface area contributed by atoms with Crippen LogP contribution in [0.25, 0.3) is 10.9 Å². The highest BCUT2D eigenvalue weighted by Gasteiger charge is 2.56. The molecule has 39 heavy (non-hydrogen) atoms. The number of ether oxygens (including phenoxy) is 2. The summed E-state index contributed by atoms with van der Waals surface area (Å²) in [5.41, 5.74) is 5.13. The van der Waals surface area contributed by atoms with Crippen LogP contribution >= 0.6 is 0 Å². The van der Waals surface area contributed by atoms with Gasteiger partial charge in [-0.1, -0.05) is 54.1 Å². The van der Waals surface area contributed by atoms with Crippen molar-refractivity contribution in [3.63, 3.8) is 0 Å². The predicted octanol–water partition coefficient (Wildman–Crippen LogP) is 4.77. The number of piperazine rings is 1. The first-order valence-corrected chi connectivity index (χ1v) is 13.3. The van der Waals surface area contributed by atoms with Gasteiger partial charge in [0.25, 0.3) is 5.91 Å². The third-order valence-corrected chi connectivity index (χ3v) is 8.42. The second kappa shape index (κ2) is 9.49. The Morgan fingerprint density at radius 2 is 1.72 bits per heavy atom. The number of amides is 2. The Morgan fingerprint density at radius 1 is 0.974 bits per heavy atom. The maximum absolute atomic E-state index is 14.3. The van der Waals surface area contributed by atoms with Crippen LogP contribution in [0.5, 0.6) is 11.5 Å². The standard InChI is InChI=1S/C32H33N3O4/c1-20-9-12-22(13-10-20)24-18-35-28(36)19-34(16-15-21-11-14-26(38-3)27(17-21)39-4)31(37)32(35,2)30-29(24)23-7-5-6-8-25(23)33-30/h5-14,17,24,33H,15-16,18-19H2,1-4H3/t24-,32-/m0/s1. The number of hydrogen-bond acceptors (Lipinski definition) is 4. The number of aryl methyl sites for hydroxylation is 1. The van der Waals surface area contributed by atoms with Gasteiger partial charge in [-0.3, -0.25) is 9.59 Å². The summed E-state index contributed by atoms with van der Waals surface area (Å²) in [5, 5.41) is 1.10. The maximum Gasteiger partial charge on any atom is 0.254 e. The molecule has 0 saturated carbocycles. The summed E-state index contributed by atoms with van der Waals surface area (Å²) >= 11 is 0. The Hall–Kier alpha value is -4.26. The number of carbonyl (C=O) groups excluding carboxylic acids is 2. The Balaban J connectivity index is 1.38. The number of benzene rings is 3. The molecule has 1 N–H and O–H groups in total. The zero-order chi connectivity index (χ0) is 27.3. The molecule has 0 spiro atoms. The van der Waals surface area contributed by atoms with E-state index < -0.39 is 5.54 Å². The van der Waals surface area contributed by atoms with Gasteiger partial charge in [0, 0.05) is 29.9 Å². The molecule has 0 aliphatic carbocycles. The number of aromatic amines is 1. The summed E-state index contributed by atoms with van der Waals surface area (Å²) in [4.78, 5) is 35.1. The van der Waals surface area contributed by atoms with Crippen molar-refractivity contribution in [3.05, 3.63) is 94.7 Å². The monoisotopic (exact) mass is 523 g/mol. The van der Waals surface area contributed by atoms with Crippen LogP contribution in [0.2, 0.25) is 0 Å². The molecule has 2 aliphatic rings. The van der Waals surface area contributed by atoms with E-state index in [1.165, 1.54) is 5.56 Å². The number of carbonyl (C=O) groups is 2. The molecule has 2 atom stereocenters. The topological polar surface area (TPSA) is 74.9 Å². The highest BCUT2D eigenvalue weighted by molar-refractivity contribution is 6.01. The van der Waals surface area contributed by atoms with E-state index >= 15 is 0 Å². The van der Waals surface area contributed by atoms with Gasteiger partial charge in [0.05, 0.1) is 26.5 Å².